The Morgan fingerprint density at radius 1 is 1.42 bits per heavy atom. The Labute approximate surface area is 74.1 Å². The zero-order valence-corrected chi connectivity index (χ0v) is 7.42. The normalized spacial score (nSPS) is 40.8. The summed E-state index contributed by atoms with van der Waals surface area (Å²) in [5, 5.41) is 9.10. The van der Waals surface area contributed by atoms with Gasteiger partial charge in [-0.1, -0.05) is 12.5 Å². The first kappa shape index (κ1) is 7.86. The minimum absolute atomic E-state index is 0.0666. The molecule has 0 aromatic carbocycles. The molecule has 2 fully saturated rings. The van der Waals surface area contributed by atoms with Crippen LogP contribution in [0.2, 0.25) is 0 Å². The zero-order valence-electron chi connectivity index (χ0n) is 7.42. The Hall–Kier alpha value is -0.770. The molecule has 0 bridgehead atoms. The third-order valence-electron chi connectivity index (χ3n) is 3.70. The van der Waals surface area contributed by atoms with Gasteiger partial charge >= 0.3 is 0 Å². The lowest BCUT2D eigenvalue weighted by Crippen LogP contribution is -2.44. The van der Waals surface area contributed by atoms with E-state index in [-0.39, 0.29) is 5.41 Å². The van der Waals surface area contributed by atoms with Crippen LogP contribution in [0.1, 0.15) is 32.1 Å². The molecule has 1 nitrogen and oxygen atoms in total. The fourth-order valence-corrected chi connectivity index (χ4v) is 2.52. The van der Waals surface area contributed by atoms with Gasteiger partial charge in [-0.15, -0.1) is 6.58 Å². The maximum atomic E-state index is 9.10. The molecule has 0 amide bonds. The first-order chi connectivity index (χ1) is 5.80. The van der Waals surface area contributed by atoms with Gasteiger partial charge in [-0.25, -0.2) is 0 Å². The SMILES string of the molecule is C=CC1CC(C#N)(C2CCC2)C1. The van der Waals surface area contributed by atoms with Crippen LogP contribution in [0.3, 0.4) is 0 Å². The third-order valence-corrected chi connectivity index (χ3v) is 3.70. The highest BCUT2D eigenvalue weighted by Crippen LogP contribution is 2.56. The molecule has 2 saturated carbocycles. The van der Waals surface area contributed by atoms with Crippen molar-refractivity contribution in [3.63, 3.8) is 0 Å². The number of allylic oxidation sites excluding steroid dienone is 1. The zero-order chi connectivity index (χ0) is 8.60. The smallest absolute Gasteiger partial charge is 0.0693 e. The molecule has 0 unspecified atom stereocenters. The molecule has 64 valence electrons. The van der Waals surface area contributed by atoms with Crippen molar-refractivity contribution >= 4 is 0 Å². The summed E-state index contributed by atoms with van der Waals surface area (Å²) in [6, 6.07) is 2.53. The van der Waals surface area contributed by atoms with Crippen molar-refractivity contribution < 1.29 is 0 Å². The summed E-state index contributed by atoms with van der Waals surface area (Å²) in [7, 11) is 0. The Bertz CT molecular complexity index is 226. The van der Waals surface area contributed by atoms with Crippen molar-refractivity contribution in [1.29, 1.82) is 5.26 Å². The molecule has 2 aliphatic carbocycles. The molecular weight excluding hydrogens is 146 g/mol. The average molecular weight is 161 g/mol. The molecule has 0 saturated heterocycles. The molecular formula is C11H15N. The van der Waals surface area contributed by atoms with Crippen molar-refractivity contribution in [2.24, 2.45) is 17.3 Å². The lowest BCUT2D eigenvalue weighted by atomic mass is 9.52. The summed E-state index contributed by atoms with van der Waals surface area (Å²) in [6.45, 7) is 3.78. The van der Waals surface area contributed by atoms with Gasteiger partial charge in [0.15, 0.2) is 0 Å². The molecule has 0 N–H and O–H groups in total. The quantitative estimate of drug-likeness (QED) is 0.571. The van der Waals surface area contributed by atoms with E-state index >= 15 is 0 Å². The molecule has 0 aromatic rings. The summed E-state index contributed by atoms with van der Waals surface area (Å²) in [4.78, 5) is 0. The molecule has 2 aliphatic rings. The van der Waals surface area contributed by atoms with E-state index in [4.69, 9.17) is 5.26 Å². The van der Waals surface area contributed by atoms with Crippen LogP contribution in [-0.2, 0) is 0 Å². The van der Waals surface area contributed by atoms with Gasteiger partial charge < -0.3 is 0 Å². The van der Waals surface area contributed by atoms with Gasteiger partial charge in [0.05, 0.1) is 11.5 Å². The van der Waals surface area contributed by atoms with Gasteiger partial charge in [-0.05, 0) is 37.5 Å². The molecule has 0 heterocycles. The van der Waals surface area contributed by atoms with Crippen molar-refractivity contribution in [2.45, 2.75) is 32.1 Å². The topological polar surface area (TPSA) is 23.8 Å². The highest BCUT2D eigenvalue weighted by molar-refractivity contribution is 5.15. The van der Waals surface area contributed by atoms with Crippen LogP contribution in [0.5, 0.6) is 0 Å². The standard InChI is InChI=1S/C11H15N/c1-2-9-6-11(7-9,8-12)10-4-3-5-10/h2,9-10H,1,3-7H2. The second kappa shape index (κ2) is 2.62. The summed E-state index contributed by atoms with van der Waals surface area (Å²) in [6.07, 6.45) is 8.09. The first-order valence-corrected chi connectivity index (χ1v) is 4.84. The van der Waals surface area contributed by atoms with E-state index in [9.17, 15) is 0 Å². The highest BCUT2D eigenvalue weighted by atomic mass is 14.5. The van der Waals surface area contributed by atoms with Crippen LogP contribution in [0, 0.1) is 28.6 Å². The molecule has 0 radical (unpaired) electrons. The predicted octanol–water partition coefficient (Wildman–Crippen LogP) is 2.89. The van der Waals surface area contributed by atoms with Gasteiger partial charge in [-0.2, -0.15) is 5.26 Å². The minimum atomic E-state index is 0.0666. The van der Waals surface area contributed by atoms with E-state index in [0.29, 0.717) is 5.92 Å². The third kappa shape index (κ3) is 0.909. The fraction of sp³-hybridized carbons (Fsp3) is 0.727. The van der Waals surface area contributed by atoms with Gasteiger partial charge in [0.2, 0.25) is 0 Å². The summed E-state index contributed by atoms with van der Waals surface area (Å²) in [5.41, 5.74) is 0.0666. The maximum Gasteiger partial charge on any atom is 0.0693 e. The fourth-order valence-electron chi connectivity index (χ4n) is 2.52. The van der Waals surface area contributed by atoms with E-state index in [1.807, 2.05) is 6.08 Å². The Morgan fingerprint density at radius 3 is 2.42 bits per heavy atom. The predicted molar refractivity (Wildman–Crippen MR) is 48.3 cm³/mol. The largest absolute Gasteiger partial charge is 0.198 e. The number of nitriles is 1. The number of nitrogens with zero attached hydrogens (tertiary/aromatic N) is 1. The van der Waals surface area contributed by atoms with Crippen LogP contribution in [0.15, 0.2) is 12.7 Å². The van der Waals surface area contributed by atoms with E-state index in [1.54, 1.807) is 0 Å². The lowest BCUT2D eigenvalue weighted by molar-refractivity contribution is 0.0271. The van der Waals surface area contributed by atoms with Crippen molar-refractivity contribution in [3.8, 4) is 6.07 Å². The first-order valence-electron chi connectivity index (χ1n) is 4.84. The summed E-state index contributed by atoms with van der Waals surface area (Å²) in [5.74, 6) is 1.35. The molecule has 0 aromatic heterocycles. The molecule has 0 atom stereocenters. The van der Waals surface area contributed by atoms with Crippen molar-refractivity contribution in [2.75, 3.05) is 0 Å². The van der Waals surface area contributed by atoms with E-state index in [1.165, 1.54) is 19.3 Å². The van der Waals surface area contributed by atoms with Gasteiger partial charge in [0, 0.05) is 0 Å². The maximum absolute atomic E-state index is 9.10. The molecule has 12 heavy (non-hydrogen) atoms. The van der Waals surface area contributed by atoms with Crippen LogP contribution in [0.25, 0.3) is 0 Å². The number of hydrogen-bond donors (Lipinski definition) is 0. The van der Waals surface area contributed by atoms with Crippen LogP contribution in [0.4, 0.5) is 0 Å². The second-order valence-electron chi connectivity index (χ2n) is 4.30. The monoisotopic (exact) mass is 161 g/mol. The Balaban J connectivity index is 2.00. The minimum Gasteiger partial charge on any atom is -0.198 e. The van der Waals surface area contributed by atoms with E-state index in [0.717, 1.165) is 18.8 Å². The summed E-state index contributed by atoms with van der Waals surface area (Å²) >= 11 is 0. The molecule has 0 spiro atoms. The second-order valence-corrected chi connectivity index (χ2v) is 4.30. The Morgan fingerprint density at radius 2 is 2.08 bits per heavy atom. The van der Waals surface area contributed by atoms with Crippen LogP contribution in [-0.4, -0.2) is 0 Å². The van der Waals surface area contributed by atoms with E-state index in [2.05, 4.69) is 12.6 Å². The van der Waals surface area contributed by atoms with Gasteiger partial charge in [-0.3, -0.25) is 0 Å². The van der Waals surface area contributed by atoms with Crippen molar-refractivity contribution in [1.82, 2.24) is 0 Å². The average Bonchev–Trinajstić information content (AvgIpc) is 1.91. The van der Waals surface area contributed by atoms with Gasteiger partial charge in [0.1, 0.15) is 0 Å². The molecule has 2 rings (SSSR count). The molecule has 1 heteroatoms. The van der Waals surface area contributed by atoms with E-state index < -0.39 is 0 Å². The molecule has 0 aliphatic heterocycles. The number of rotatable bonds is 2. The van der Waals surface area contributed by atoms with Gasteiger partial charge in [0.25, 0.3) is 0 Å². The Kier molecular flexibility index (Phi) is 1.72. The lowest BCUT2D eigenvalue weighted by Gasteiger charge is -2.50. The van der Waals surface area contributed by atoms with Crippen LogP contribution < -0.4 is 0 Å². The highest BCUT2D eigenvalue weighted by Gasteiger charge is 2.50. The summed E-state index contributed by atoms with van der Waals surface area (Å²) < 4.78 is 0. The van der Waals surface area contributed by atoms with Crippen LogP contribution >= 0.6 is 0 Å². The van der Waals surface area contributed by atoms with Crippen molar-refractivity contribution in [3.05, 3.63) is 12.7 Å². The number of hydrogen-bond acceptors (Lipinski definition) is 1.